The zero-order valence-electron chi connectivity index (χ0n) is 11.5. The average Bonchev–Trinajstić information content (AvgIpc) is 2.81. The molecule has 4 nitrogen and oxygen atoms in total. The lowest BCUT2D eigenvalue weighted by molar-refractivity contribution is -0.123. The first kappa shape index (κ1) is 12.5. The molecule has 0 aromatic carbocycles. The Morgan fingerprint density at radius 1 is 1.53 bits per heavy atom. The van der Waals surface area contributed by atoms with Gasteiger partial charge in [0.25, 0.3) is 0 Å². The topological polar surface area (TPSA) is 54.6 Å². The number of fused-ring (bicyclic) bond motifs is 1. The summed E-state index contributed by atoms with van der Waals surface area (Å²) >= 11 is 0. The van der Waals surface area contributed by atoms with Gasteiger partial charge in [-0.2, -0.15) is 5.10 Å². The predicted octanol–water partition coefficient (Wildman–Crippen LogP) is 2.86. The smallest absolute Gasteiger partial charge is 0.244 e. The van der Waals surface area contributed by atoms with Crippen LogP contribution in [0.3, 0.4) is 0 Å². The lowest BCUT2D eigenvalue weighted by atomic mass is 9.90. The molecule has 3 atom stereocenters. The molecule has 0 saturated heterocycles. The van der Waals surface area contributed by atoms with Gasteiger partial charge in [0.2, 0.25) is 5.91 Å². The summed E-state index contributed by atoms with van der Waals surface area (Å²) in [6.07, 6.45) is 6.44. The fourth-order valence-electron chi connectivity index (χ4n) is 3.60. The van der Waals surface area contributed by atoms with Gasteiger partial charge in [0.15, 0.2) is 0 Å². The van der Waals surface area contributed by atoms with Gasteiger partial charge >= 0.3 is 0 Å². The van der Waals surface area contributed by atoms with E-state index in [0.717, 1.165) is 5.76 Å². The summed E-state index contributed by atoms with van der Waals surface area (Å²) < 4.78 is 5.36. The quantitative estimate of drug-likeness (QED) is 0.671. The number of furan rings is 1. The third-order valence-corrected chi connectivity index (χ3v) is 4.74. The Morgan fingerprint density at radius 3 is 3.00 bits per heavy atom. The first-order valence-corrected chi connectivity index (χ1v) is 7.00. The second kappa shape index (κ2) is 4.51. The van der Waals surface area contributed by atoms with Gasteiger partial charge in [-0.25, -0.2) is 5.43 Å². The lowest BCUT2D eigenvalue weighted by Crippen LogP contribution is -2.22. The zero-order valence-corrected chi connectivity index (χ0v) is 11.5. The van der Waals surface area contributed by atoms with Gasteiger partial charge in [0.05, 0.1) is 6.21 Å². The first-order chi connectivity index (χ1) is 9.11. The number of hydrogen-bond acceptors (Lipinski definition) is 3. The van der Waals surface area contributed by atoms with Crippen molar-refractivity contribution in [3.05, 3.63) is 23.7 Å². The number of aryl methyl sites for hydroxylation is 1. The Labute approximate surface area is 113 Å². The number of hydrazone groups is 1. The molecule has 1 amide bonds. The summed E-state index contributed by atoms with van der Waals surface area (Å²) in [5.74, 6) is 2.30. The molecule has 4 heteroatoms. The third kappa shape index (κ3) is 2.20. The molecule has 0 bridgehead atoms. The summed E-state index contributed by atoms with van der Waals surface area (Å²) in [5.41, 5.74) is 2.89. The van der Waals surface area contributed by atoms with Crippen molar-refractivity contribution in [2.24, 2.45) is 22.4 Å². The van der Waals surface area contributed by atoms with Gasteiger partial charge < -0.3 is 4.42 Å². The van der Waals surface area contributed by atoms with Crippen molar-refractivity contribution in [3.8, 4) is 0 Å². The minimum absolute atomic E-state index is 0.0638. The Hall–Kier alpha value is -1.58. The van der Waals surface area contributed by atoms with Crippen molar-refractivity contribution in [3.63, 3.8) is 0 Å². The van der Waals surface area contributed by atoms with E-state index >= 15 is 0 Å². The van der Waals surface area contributed by atoms with Crippen LogP contribution in [0.4, 0.5) is 0 Å². The lowest BCUT2D eigenvalue weighted by Gasteiger charge is -2.15. The highest BCUT2D eigenvalue weighted by atomic mass is 16.3. The normalized spacial score (nSPS) is 33.2. The van der Waals surface area contributed by atoms with Gasteiger partial charge in [-0.1, -0.05) is 19.8 Å². The van der Waals surface area contributed by atoms with Crippen LogP contribution in [0, 0.1) is 24.2 Å². The molecule has 1 N–H and O–H groups in total. The number of carbonyl (C=O) groups excluding carboxylic acids is 1. The number of nitrogens with one attached hydrogen (secondary N) is 1. The van der Waals surface area contributed by atoms with E-state index < -0.39 is 0 Å². The van der Waals surface area contributed by atoms with Gasteiger partial charge in [-0.05, 0) is 43.2 Å². The molecule has 102 valence electrons. The Kier molecular flexibility index (Phi) is 2.96. The maximum absolute atomic E-state index is 12.1. The summed E-state index contributed by atoms with van der Waals surface area (Å²) in [6.45, 7) is 4.12. The summed E-state index contributed by atoms with van der Waals surface area (Å²) in [5, 5.41) is 3.99. The molecule has 0 spiro atoms. The maximum Gasteiger partial charge on any atom is 0.244 e. The number of nitrogens with zero attached hydrogens (tertiary/aromatic N) is 1. The average molecular weight is 260 g/mol. The second-order valence-electron chi connectivity index (χ2n) is 6.02. The van der Waals surface area contributed by atoms with E-state index in [-0.39, 0.29) is 17.2 Å². The summed E-state index contributed by atoms with van der Waals surface area (Å²) in [7, 11) is 0. The van der Waals surface area contributed by atoms with Crippen LogP contribution < -0.4 is 5.43 Å². The van der Waals surface area contributed by atoms with Crippen LogP contribution in [0.25, 0.3) is 0 Å². The van der Waals surface area contributed by atoms with Crippen LogP contribution in [0.1, 0.15) is 44.1 Å². The van der Waals surface area contributed by atoms with Crippen molar-refractivity contribution in [2.75, 3.05) is 0 Å². The van der Waals surface area contributed by atoms with Gasteiger partial charge in [-0.3, -0.25) is 4.79 Å². The molecule has 2 aliphatic carbocycles. The number of hydrogen-bond donors (Lipinski definition) is 1. The van der Waals surface area contributed by atoms with E-state index in [1.54, 1.807) is 6.21 Å². The molecule has 2 saturated carbocycles. The zero-order chi connectivity index (χ0) is 13.5. The van der Waals surface area contributed by atoms with Crippen molar-refractivity contribution in [1.29, 1.82) is 0 Å². The van der Waals surface area contributed by atoms with Crippen LogP contribution in [0.15, 0.2) is 21.7 Å². The minimum atomic E-state index is 0.0638. The molecule has 3 rings (SSSR count). The molecular weight excluding hydrogens is 240 g/mol. The first-order valence-electron chi connectivity index (χ1n) is 7.00. The van der Waals surface area contributed by atoms with E-state index in [0.29, 0.717) is 11.7 Å². The Morgan fingerprint density at radius 2 is 2.37 bits per heavy atom. The van der Waals surface area contributed by atoms with Crippen LogP contribution in [0.2, 0.25) is 0 Å². The van der Waals surface area contributed by atoms with Crippen LogP contribution in [-0.2, 0) is 4.79 Å². The highest BCUT2D eigenvalue weighted by Gasteiger charge is 2.64. The van der Waals surface area contributed by atoms with Crippen LogP contribution in [-0.4, -0.2) is 12.1 Å². The molecule has 1 heterocycles. The highest BCUT2D eigenvalue weighted by Crippen LogP contribution is 2.66. The SMILES string of the molecule is Cc1ccc(/C=N\NC(=O)[C@@H]2[C@H]3CCCC[C@]32C)o1. The molecular formula is C15H20N2O2. The monoisotopic (exact) mass is 260 g/mol. The van der Waals surface area contributed by atoms with Gasteiger partial charge in [0, 0.05) is 5.92 Å². The van der Waals surface area contributed by atoms with Gasteiger partial charge in [-0.15, -0.1) is 0 Å². The molecule has 0 radical (unpaired) electrons. The highest BCUT2D eigenvalue weighted by molar-refractivity contribution is 5.85. The summed E-state index contributed by atoms with van der Waals surface area (Å²) in [4.78, 5) is 12.1. The van der Waals surface area contributed by atoms with Crippen molar-refractivity contribution < 1.29 is 9.21 Å². The molecule has 2 fully saturated rings. The Balaban J connectivity index is 1.56. The molecule has 0 aliphatic heterocycles. The number of carbonyl (C=O) groups is 1. The molecule has 0 unspecified atom stereocenters. The van der Waals surface area contributed by atoms with Crippen molar-refractivity contribution in [2.45, 2.75) is 39.5 Å². The third-order valence-electron chi connectivity index (χ3n) is 4.74. The summed E-state index contributed by atoms with van der Waals surface area (Å²) in [6, 6.07) is 3.71. The fourth-order valence-corrected chi connectivity index (χ4v) is 3.60. The van der Waals surface area contributed by atoms with Gasteiger partial charge in [0.1, 0.15) is 11.5 Å². The van der Waals surface area contributed by atoms with Crippen LogP contribution >= 0.6 is 0 Å². The minimum Gasteiger partial charge on any atom is -0.460 e. The van der Waals surface area contributed by atoms with Crippen LogP contribution in [0.5, 0.6) is 0 Å². The van der Waals surface area contributed by atoms with E-state index in [9.17, 15) is 4.79 Å². The molecule has 19 heavy (non-hydrogen) atoms. The van der Waals surface area contributed by atoms with Crippen molar-refractivity contribution >= 4 is 12.1 Å². The Bertz CT molecular complexity index is 520. The standard InChI is InChI=1S/C15H20N2O2/c1-10-6-7-11(19-10)9-16-17-14(18)13-12-5-3-4-8-15(12,13)2/h6-7,9,12-13H,3-5,8H2,1-2H3,(H,17,18)/b16-9-/t12-,13+,15-/m1/s1. The molecule has 2 aliphatic rings. The van der Waals surface area contributed by atoms with E-state index in [4.69, 9.17) is 4.42 Å². The van der Waals surface area contributed by atoms with E-state index in [2.05, 4.69) is 17.5 Å². The molecule has 1 aromatic heterocycles. The second-order valence-corrected chi connectivity index (χ2v) is 6.02. The largest absolute Gasteiger partial charge is 0.460 e. The predicted molar refractivity (Wildman–Crippen MR) is 72.7 cm³/mol. The fraction of sp³-hybridized carbons (Fsp3) is 0.600. The number of amides is 1. The van der Waals surface area contributed by atoms with E-state index in [1.807, 2.05) is 19.1 Å². The van der Waals surface area contributed by atoms with E-state index in [1.165, 1.54) is 25.7 Å². The van der Waals surface area contributed by atoms with Crippen molar-refractivity contribution in [1.82, 2.24) is 5.43 Å². The maximum atomic E-state index is 12.1. The molecule has 1 aromatic rings. The number of rotatable bonds is 3.